The van der Waals surface area contributed by atoms with Gasteiger partial charge in [-0.15, -0.1) is 11.3 Å². The number of benzene rings is 2. The minimum absolute atomic E-state index is 0.0132. The van der Waals surface area contributed by atoms with Crippen molar-refractivity contribution in [1.82, 2.24) is 25.3 Å². The molecule has 5 rings (SSSR count). The van der Waals surface area contributed by atoms with Gasteiger partial charge in [0.15, 0.2) is 22.7 Å². The Bertz CT molecular complexity index is 1360. The summed E-state index contributed by atoms with van der Waals surface area (Å²) in [5.41, 5.74) is 1.79. The summed E-state index contributed by atoms with van der Waals surface area (Å²) < 4.78 is 34.6. The van der Waals surface area contributed by atoms with Crippen molar-refractivity contribution in [2.45, 2.75) is 26.1 Å². The number of thiazole rings is 1. The van der Waals surface area contributed by atoms with E-state index >= 15 is 0 Å². The van der Waals surface area contributed by atoms with Crippen molar-refractivity contribution in [3.63, 3.8) is 0 Å². The number of aromatic nitrogens is 4. The maximum atomic E-state index is 14.9. The number of ether oxygens (including phenoxy) is 1. The third-order valence-corrected chi connectivity index (χ3v) is 6.69. The SMILES string of the molecule is Cc1nc(COC(=O)N2CCC(O)C2)sc1-c1cccc(-c2cc(F)c3n[nH]nc3c2F)c1. The summed E-state index contributed by atoms with van der Waals surface area (Å²) in [7, 11) is 0. The van der Waals surface area contributed by atoms with Crippen molar-refractivity contribution < 1.29 is 23.4 Å². The maximum Gasteiger partial charge on any atom is 0.410 e. The number of aromatic amines is 1. The van der Waals surface area contributed by atoms with Crippen LogP contribution < -0.4 is 0 Å². The first kappa shape index (κ1) is 21.4. The van der Waals surface area contributed by atoms with Crippen LogP contribution in [0.25, 0.3) is 32.6 Å². The standard InChI is InChI=1S/C22H19F2N5O3S/c1-11-21(33-17(25-11)10-32-22(31)29-6-5-14(30)9-29)13-4-2-3-12(7-13)15-8-16(23)19-20(18(15)24)27-28-26-19/h2-4,7-8,14,30H,5-6,9-10H2,1H3,(H,26,27,28). The molecule has 3 heterocycles. The van der Waals surface area contributed by atoms with Crippen molar-refractivity contribution in [1.29, 1.82) is 0 Å². The molecule has 2 N–H and O–H groups in total. The smallest absolute Gasteiger partial charge is 0.410 e. The number of hydrogen-bond donors (Lipinski definition) is 2. The minimum atomic E-state index is -0.663. The maximum absolute atomic E-state index is 14.9. The molecular formula is C22H19F2N5O3S. The molecule has 1 saturated heterocycles. The minimum Gasteiger partial charge on any atom is -0.442 e. The summed E-state index contributed by atoms with van der Waals surface area (Å²) in [4.78, 5) is 18.9. The fourth-order valence-corrected chi connectivity index (χ4v) is 4.85. The molecule has 1 amide bonds. The van der Waals surface area contributed by atoms with E-state index in [0.717, 1.165) is 22.2 Å². The van der Waals surface area contributed by atoms with Crippen LogP contribution in [0.15, 0.2) is 30.3 Å². The molecule has 1 aliphatic rings. The van der Waals surface area contributed by atoms with Crippen molar-refractivity contribution in [2.75, 3.05) is 13.1 Å². The highest BCUT2D eigenvalue weighted by Gasteiger charge is 2.26. The van der Waals surface area contributed by atoms with Crippen LogP contribution in [-0.4, -0.2) is 55.7 Å². The second kappa shape index (κ2) is 8.49. The van der Waals surface area contributed by atoms with Gasteiger partial charge in [0.05, 0.1) is 16.7 Å². The first-order valence-corrected chi connectivity index (χ1v) is 11.1. The topological polar surface area (TPSA) is 104 Å². The van der Waals surface area contributed by atoms with Gasteiger partial charge in [-0.25, -0.2) is 18.6 Å². The van der Waals surface area contributed by atoms with Gasteiger partial charge < -0.3 is 14.7 Å². The molecule has 0 bridgehead atoms. The van der Waals surface area contributed by atoms with E-state index in [2.05, 4.69) is 20.4 Å². The Balaban J connectivity index is 1.39. The molecule has 33 heavy (non-hydrogen) atoms. The molecule has 170 valence electrons. The number of fused-ring (bicyclic) bond motifs is 1. The van der Waals surface area contributed by atoms with E-state index in [9.17, 15) is 18.7 Å². The summed E-state index contributed by atoms with van der Waals surface area (Å²) in [5, 5.41) is 19.8. The number of rotatable bonds is 4. The van der Waals surface area contributed by atoms with E-state index in [1.54, 1.807) is 18.2 Å². The second-order valence-electron chi connectivity index (χ2n) is 7.79. The second-order valence-corrected chi connectivity index (χ2v) is 8.87. The van der Waals surface area contributed by atoms with Crippen molar-refractivity contribution in [2.24, 2.45) is 0 Å². The highest BCUT2D eigenvalue weighted by atomic mass is 32.1. The van der Waals surface area contributed by atoms with Crippen LogP contribution in [0.5, 0.6) is 0 Å². The van der Waals surface area contributed by atoms with Crippen molar-refractivity contribution >= 4 is 28.5 Å². The quantitative estimate of drug-likeness (QED) is 0.466. The fourth-order valence-electron chi connectivity index (χ4n) is 3.88. The van der Waals surface area contributed by atoms with Gasteiger partial charge in [0.25, 0.3) is 0 Å². The first-order valence-electron chi connectivity index (χ1n) is 10.3. The number of amides is 1. The number of carbonyl (C=O) groups excluding carboxylic acids is 1. The highest BCUT2D eigenvalue weighted by Crippen LogP contribution is 2.35. The Kier molecular flexibility index (Phi) is 5.51. The molecule has 0 radical (unpaired) electrons. The monoisotopic (exact) mass is 471 g/mol. The van der Waals surface area contributed by atoms with Gasteiger partial charge >= 0.3 is 6.09 Å². The molecule has 2 aromatic carbocycles. The van der Waals surface area contributed by atoms with Crippen LogP contribution in [0.2, 0.25) is 0 Å². The lowest BCUT2D eigenvalue weighted by molar-refractivity contribution is 0.0970. The highest BCUT2D eigenvalue weighted by molar-refractivity contribution is 7.15. The normalized spacial score (nSPS) is 16.0. The molecule has 0 spiro atoms. The molecule has 11 heteroatoms. The zero-order valence-corrected chi connectivity index (χ0v) is 18.3. The Morgan fingerprint density at radius 2 is 2.06 bits per heavy atom. The molecule has 8 nitrogen and oxygen atoms in total. The van der Waals surface area contributed by atoms with Gasteiger partial charge in [0.1, 0.15) is 11.6 Å². The number of carbonyl (C=O) groups is 1. The van der Waals surface area contributed by atoms with Crippen LogP contribution in [0.3, 0.4) is 0 Å². The van der Waals surface area contributed by atoms with Crippen LogP contribution in [-0.2, 0) is 11.3 Å². The van der Waals surface area contributed by atoms with E-state index in [0.29, 0.717) is 23.5 Å². The molecule has 1 aliphatic heterocycles. The average Bonchev–Trinajstić information content (AvgIpc) is 3.54. The number of likely N-dealkylation sites (tertiary alicyclic amines) is 1. The van der Waals surface area contributed by atoms with Gasteiger partial charge in [0, 0.05) is 18.7 Å². The molecule has 1 fully saturated rings. The molecule has 2 aromatic heterocycles. The lowest BCUT2D eigenvalue weighted by Crippen LogP contribution is -2.30. The van der Waals surface area contributed by atoms with E-state index in [4.69, 9.17) is 4.74 Å². The molecule has 4 aromatic rings. The van der Waals surface area contributed by atoms with E-state index in [1.807, 2.05) is 13.0 Å². The summed E-state index contributed by atoms with van der Waals surface area (Å²) in [6, 6.07) is 8.17. The molecular weight excluding hydrogens is 452 g/mol. The predicted molar refractivity (Wildman–Crippen MR) is 117 cm³/mol. The molecule has 1 atom stereocenters. The van der Waals surface area contributed by atoms with E-state index < -0.39 is 23.8 Å². The van der Waals surface area contributed by atoms with Crippen LogP contribution in [0.4, 0.5) is 13.6 Å². The summed E-state index contributed by atoms with van der Waals surface area (Å²) in [6.07, 6.45) is -0.453. The zero-order chi connectivity index (χ0) is 23.1. The first-order chi connectivity index (χ1) is 15.9. The van der Waals surface area contributed by atoms with Gasteiger partial charge in [-0.05, 0) is 36.6 Å². The van der Waals surface area contributed by atoms with Crippen molar-refractivity contribution in [3.8, 4) is 21.6 Å². The van der Waals surface area contributed by atoms with Crippen molar-refractivity contribution in [3.05, 3.63) is 52.7 Å². The molecule has 0 aliphatic carbocycles. The predicted octanol–water partition coefficient (Wildman–Crippen LogP) is 4.04. The number of H-pyrrole nitrogens is 1. The average molecular weight is 471 g/mol. The van der Waals surface area contributed by atoms with Gasteiger partial charge in [-0.3, -0.25) is 0 Å². The van der Waals surface area contributed by atoms with E-state index in [1.165, 1.54) is 16.2 Å². The Labute approximate surface area is 190 Å². The number of aliphatic hydroxyl groups excluding tert-OH is 1. The molecule has 0 saturated carbocycles. The summed E-state index contributed by atoms with van der Waals surface area (Å²) in [5.74, 6) is -1.32. The largest absolute Gasteiger partial charge is 0.442 e. The third-order valence-electron chi connectivity index (χ3n) is 5.51. The number of β-amino-alcohol motifs (C(OH)–C–C–N with tert-alkyl or cyclic N) is 1. The number of nitrogens with one attached hydrogen (secondary N) is 1. The van der Waals surface area contributed by atoms with Crippen LogP contribution in [0, 0.1) is 18.6 Å². The zero-order valence-electron chi connectivity index (χ0n) is 17.5. The number of aliphatic hydroxyl groups is 1. The van der Waals surface area contributed by atoms with Gasteiger partial charge in [0.2, 0.25) is 0 Å². The number of nitrogens with zero attached hydrogens (tertiary/aromatic N) is 4. The third kappa shape index (κ3) is 4.05. The Morgan fingerprint density at radius 1 is 1.27 bits per heavy atom. The lowest BCUT2D eigenvalue weighted by atomic mass is 10.0. The van der Waals surface area contributed by atoms with Crippen LogP contribution in [0.1, 0.15) is 17.1 Å². The Hall–Kier alpha value is -3.44. The fraction of sp³-hybridized carbons (Fsp3) is 0.273. The van der Waals surface area contributed by atoms with Gasteiger partial charge in [-0.2, -0.15) is 15.4 Å². The number of halogens is 2. The Morgan fingerprint density at radius 3 is 2.85 bits per heavy atom. The molecule has 1 unspecified atom stereocenters. The van der Waals surface area contributed by atoms with E-state index in [-0.39, 0.29) is 29.7 Å². The van der Waals surface area contributed by atoms with Crippen LogP contribution >= 0.6 is 11.3 Å². The summed E-state index contributed by atoms with van der Waals surface area (Å²) in [6.45, 7) is 2.58. The number of hydrogen-bond acceptors (Lipinski definition) is 7. The summed E-state index contributed by atoms with van der Waals surface area (Å²) >= 11 is 1.36. The number of aryl methyl sites for hydroxylation is 1. The lowest BCUT2D eigenvalue weighted by Gasteiger charge is -2.14. The van der Waals surface area contributed by atoms with Gasteiger partial charge in [-0.1, -0.05) is 18.2 Å².